The van der Waals surface area contributed by atoms with Crippen LogP contribution < -0.4 is 0 Å². The Labute approximate surface area is 127 Å². The molecule has 21 heavy (non-hydrogen) atoms. The van der Waals surface area contributed by atoms with E-state index in [1.165, 1.54) is 27.4 Å². The first kappa shape index (κ1) is 14.2. The molecule has 1 N–H and O–H groups in total. The highest BCUT2D eigenvalue weighted by Gasteiger charge is 2.17. The van der Waals surface area contributed by atoms with Crippen LogP contribution in [-0.2, 0) is 10.8 Å². The first-order valence-corrected chi connectivity index (χ1v) is 7.64. The summed E-state index contributed by atoms with van der Waals surface area (Å²) in [5.74, 6) is 0. The number of benzene rings is 2. The Kier molecular flexibility index (Phi) is 2.95. The van der Waals surface area contributed by atoms with Gasteiger partial charge in [-0.2, -0.15) is 0 Å². The van der Waals surface area contributed by atoms with E-state index in [1.807, 2.05) is 0 Å². The fourth-order valence-corrected chi connectivity index (χ4v) is 2.72. The van der Waals surface area contributed by atoms with Crippen LogP contribution in [0.1, 0.15) is 52.7 Å². The third kappa shape index (κ3) is 2.46. The molecule has 2 aromatic carbocycles. The molecule has 1 heteroatoms. The van der Waals surface area contributed by atoms with E-state index in [4.69, 9.17) is 0 Å². The molecule has 0 unspecified atom stereocenters. The summed E-state index contributed by atoms with van der Waals surface area (Å²) in [6.45, 7) is 13.5. The number of aromatic amines is 1. The van der Waals surface area contributed by atoms with Gasteiger partial charge in [-0.25, -0.2) is 0 Å². The van der Waals surface area contributed by atoms with E-state index in [2.05, 4.69) is 82.9 Å². The number of nitrogens with one attached hydrogen (secondary N) is 1. The van der Waals surface area contributed by atoms with Crippen LogP contribution >= 0.6 is 0 Å². The van der Waals surface area contributed by atoms with Gasteiger partial charge in [0.25, 0.3) is 0 Å². The van der Waals surface area contributed by atoms with Gasteiger partial charge in [-0.05, 0) is 46.2 Å². The zero-order chi connectivity index (χ0) is 15.4. The Morgan fingerprint density at radius 3 is 2.05 bits per heavy atom. The Morgan fingerprint density at radius 2 is 1.43 bits per heavy atom. The molecule has 0 atom stereocenters. The molecule has 0 fully saturated rings. The molecule has 0 bridgehead atoms. The van der Waals surface area contributed by atoms with Crippen LogP contribution in [0.25, 0.3) is 21.8 Å². The monoisotopic (exact) mass is 278 g/mol. The molecule has 1 radical (unpaired) electrons. The van der Waals surface area contributed by atoms with Gasteiger partial charge in [-0.15, -0.1) is 0 Å². The van der Waals surface area contributed by atoms with E-state index >= 15 is 0 Å². The quantitative estimate of drug-likeness (QED) is 0.541. The Morgan fingerprint density at radius 1 is 0.810 bits per heavy atom. The fraction of sp³-hybridized carbons (Fsp3) is 0.400. The van der Waals surface area contributed by atoms with Crippen molar-refractivity contribution in [3.05, 3.63) is 47.5 Å². The molecule has 0 saturated heterocycles. The minimum absolute atomic E-state index is 0.149. The van der Waals surface area contributed by atoms with Crippen LogP contribution in [0.4, 0.5) is 0 Å². The summed E-state index contributed by atoms with van der Waals surface area (Å²) >= 11 is 0. The summed E-state index contributed by atoms with van der Waals surface area (Å²) in [6, 6.07) is 14.6. The van der Waals surface area contributed by atoms with Crippen LogP contribution in [0.5, 0.6) is 0 Å². The number of aromatic nitrogens is 1. The van der Waals surface area contributed by atoms with Crippen LogP contribution in [0, 0.1) is 6.07 Å². The Hall–Kier alpha value is -1.76. The van der Waals surface area contributed by atoms with Crippen molar-refractivity contribution in [3.63, 3.8) is 0 Å². The number of fused-ring (bicyclic) bond motifs is 3. The minimum atomic E-state index is 0.149. The van der Waals surface area contributed by atoms with Crippen LogP contribution in [-0.4, -0.2) is 4.98 Å². The normalized spacial score (nSPS) is 13.2. The lowest BCUT2D eigenvalue weighted by Gasteiger charge is -2.19. The standard InChI is InChI=1S/C20H24N/c1-19(2,3)13-7-9-17-15(11-13)16-12-14(20(4,5)6)8-10-18(16)21-17/h7-9,11-12,21H,1-6H3. The fourth-order valence-electron chi connectivity index (χ4n) is 2.72. The van der Waals surface area contributed by atoms with Crippen molar-refractivity contribution in [2.24, 2.45) is 0 Å². The summed E-state index contributed by atoms with van der Waals surface area (Å²) in [6.07, 6.45) is 0. The highest BCUT2D eigenvalue weighted by atomic mass is 14.7. The van der Waals surface area contributed by atoms with Gasteiger partial charge in [0, 0.05) is 22.4 Å². The Bertz CT molecular complexity index is 739. The summed E-state index contributed by atoms with van der Waals surface area (Å²) in [7, 11) is 0. The highest BCUT2D eigenvalue weighted by molar-refractivity contribution is 6.07. The van der Waals surface area contributed by atoms with Gasteiger partial charge >= 0.3 is 0 Å². The first-order valence-electron chi connectivity index (χ1n) is 7.64. The van der Waals surface area contributed by atoms with Gasteiger partial charge in [0.15, 0.2) is 0 Å². The molecule has 1 aromatic heterocycles. The van der Waals surface area contributed by atoms with Crippen molar-refractivity contribution in [1.82, 2.24) is 4.98 Å². The maximum Gasteiger partial charge on any atom is 0.0545 e. The average molecular weight is 278 g/mol. The molecule has 0 amide bonds. The SMILES string of the molecule is CC(C)(C)c1c[c]c2[nH]c3ccc(C(C)(C)C)cc3c2c1. The Balaban J connectivity index is 2.31. The molecule has 1 heterocycles. The first-order chi connectivity index (χ1) is 9.66. The lowest BCUT2D eigenvalue weighted by atomic mass is 9.85. The van der Waals surface area contributed by atoms with Crippen molar-refractivity contribution in [1.29, 1.82) is 0 Å². The van der Waals surface area contributed by atoms with Gasteiger partial charge in [-0.3, -0.25) is 0 Å². The van der Waals surface area contributed by atoms with E-state index in [1.54, 1.807) is 0 Å². The van der Waals surface area contributed by atoms with Gasteiger partial charge in [-0.1, -0.05) is 47.6 Å². The molecule has 3 rings (SSSR count). The third-order valence-corrected chi connectivity index (χ3v) is 4.24. The molecule has 109 valence electrons. The van der Waals surface area contributed by atoms with E-state index in [0.29, 0.717) is 0 Å². The molecule has 0 saturated carbocycles. The second kappa shape index (κ2) is 4.37. The molecule has 0 aliphatic carbocycles. The van der Waals surface area contributed by atoms with E-state index in [0.717, 1.165) is 5.52 Å². The van der Waals surface area contributed by atoms with E-state index in [9.17, 15) is 0 Å². The van der Waals surface area contributed by atoms with Gasteiger partial charge in [0.2, 0.25) is 0 Å². The maximum absolute atomic E-state index is 3.48. The topological polar surface area (TPSA) is 15.8 Å². The molecule has 0 aliphatic rings. The molecule has 3 aromatic rings. The van der Waals surface area contributed by atoms with Crippen molar-refractivity contribution in [2.75, 3.05) is 0 Å². The number of rotatable bonds is 0. The lowest BCUT2D eigenvalue weighted by molar-refractivity contribution is 0.590. The number of hydrogen-bond donors (Lipinski definition) is 1. The van der Waals surface area contributed by atoms with Crippen molar-refractivity contribution < 1.29 is 0 Å². The molecular weight excluding hydrogens is 254 g/mol. The largest absolute Gasteiger partial charge is 0.354 e. The predicted octanol–water partition coefficient (Wildman–Crippen LogP) is 5.72. The second-order valence-electron chi connectivity index (χ2n) is 8.06. The van der Waals surface area contributed by atoms with Gasteiger partial charge < -0.3 is 4.98 Å². The van der Waals surface area contributed by atoms with E-state index in [-0.39, 0.29) is 10.8 Å². The third-order valence-electron chi connectivity index (χ3n) is 4.24. The van der Waals surface area contributed by atoms with Crippen LogP contribution in [0.3, 0.4) is 0 Å². The highest BCUT2D eigenvalue weighted by Crippen LogP contribution is 2.33. The average Bonchev–Trinajstić information content (AvgIpc) is 2.73. The summed E-state index contributed by atoms with van der Waals surface area (Å²) in [4.78, 5) is 3.48. The van der Waals surface area contributed by atoms with Gasteiger partial charge in [0.05, 0.1) is 5.52 Å². The zero-order valence-corrected chi connectivity index (χ0v) is 13.9. The number of hydrogen-bond acceptors (Lipinski definition) is 0. The summed E-state index contributed by atoms with van der Waals surface area (Å²) in [5.41, 5.74) is 5.32. The van der Waals surface area contributed by atoms with Crippen molar-refractivity contribution in [3.8, 4) is 0 Å². The molecule has 1 nitrogen and oxygen atoms in total. The maximum atomic E-state index is 3.48. The predicted molar refractivity (Wildman–Crippen MR) is 92.0 cm³/mol. The molecular formula is C20H24N. The second-order valence-corrected chi connectivity index (χ2v) is 8.06. The number of H-pyrrole nitrogens is 1. The van der Waals surface area contributed by atoms with Crippen molar-refractivity contribution in [2.45, 2.75) is 52.4 Å². The summed E-state index contributed by atoms with van der Waals surface area (Å²) < 4.78 is 0. The summed E-state index contributed by atoms with van der Waals surface area (Å²) in [5, 5.41) is 2.59. The van der Waals surface area contributed by atoms with E-state index < -0.39 is 0 Å². The molecule has 0 spiro atoms. The molecule has 0 aliphatic heterocycles. The lowest BCUT2D eigenvalue weighted by Crippen LogP contribution is -2.10. The van der Waals surface area contributed by atoms with Crippen LogP contribution in [0.15, 0.2) is 30.3 Å². The van der Waals surface area contributed by atoms with Gasteiger partial charge in [0.1, 0.15) is 0 Å². The van der Waals surface area contributed by atoms with Crippen LogP contribution in [0.2, 0.25) is 0 Å². The zero-order valence-electron chi connectivity index (χ0n) is 13.9. The van der Waals surface area contributed by atoms with Crippen molar-refractivity contribution >= 4 is 21.8 Å². The minimum Gasteiger partial charge on any atom is -0.354 e. The smallest absolute Gasteiger partial charge is 0.0545 e.